The van der Waals surface area contributed by atoms with E-state index in [1.165, 1.54) is 0 Å². The molecule has 8 heteroatoms. The van der Waals surface area contributed by atoms with Crippen LogP contribution in [0, 0.1) is 0 Å². The van der Waals surface area contributed by atoms with Gasteiger partial charge in [0.1, 0.15) is 0 Å². The molecule has 1 aromatic carbocycles. The van der Waals surface area contributed by atoms with Crippen molar-refractivity contribution in [1.82, 2.24) is 15.2 Å². The van der Waals surface area contributed by atoms with Crippen LogP contribution in [-0.4, -0.2) is 47.3 Å². The summed E-state index contributed by atoms with van der Waals surface area (Å²) in [5.41, 5.74) is 1.01. The topological polar surface area (TPSA) is 72.4 Å². The Balaban J connectivity index is 1.39. The van der Waals surface area contributed by atoms with Gasteiger partial charge in [0, 0.05) is 37.5 Å². The molecule has 2 aliphatic rings. The van der Waals surface area contributed by atoms with Gasteiger partial charge in [0.15, 0.2) is 11.6 Å². The molecule has 0 amide bonds. The zero-order valence-corrected chi connectivity index (χ0v) is 14.6. The number of aromatic nitrogens is 3. The Bertz CT molecular complexity index is 728. The van der Waals surface area contributed by atoms with Crippen LogP contribution in [0.25, 0.3) is 0 Å². The average molecular weight is 362 g/mol. The fourth-order valence-electron chi connectivity index (χ4n) is 3.17. The zero-order valence-electron chi connectivity index (χ0n) is 13.8. The van der Waals surface area contributed by atoms with Crippen molar-refractivity contribution in [3.05, 3.63) is 41.0 Å². The summed E-state index contributed by atoms with van der Waals surface area (Å²) in [6.07, 6.45) is 3.25. The van der Waals surface area contributed by atoms with E-state index in [0.717, 1.165) is 36.5 Å². The molecular weight excluding hydrogens is 342 g/mol. The van der Waals surface area contributed by atoms with Crippen molar-refractivity contribution in [2.24, 2.45) is 0 Å². The molecule has 1 aromatic heterocycles. The van der Waals surface area contributed by atoms with Crippen LogP contribution in [0.3, 0.4) is 0 Å². The third-order valence-corrected chi connectivity index (χ3v) is 4.96. The molecule has 4 rings (SSSR count). The molecule has 0 aliphatic carbocycles. The highest BCUT2D eigenvalue weighted by atomic mass is 35.5. The Kier molecular flexibility index (Phi) is 4.70. The fraction of sp³-hybridized carbons (Fsp3) is 0.471. The quantitative estimate of drug-likeness (QED) is 0.896. The molecule has 3 heterocycles. The highest BCUT2D eigenvalue weighted by molar-refractivity contribution is 6.31. The van der Waals surface area contributed by atoms with Gasteiger partial charge >= 0.3 is 0 Å². The van der Waals surface area contributed by atoms with Crippen molar-refractivity contribution in [1.29, 1.82) is 0 Å². The highest BCUT2D eigenvalue weighted by Gasteiger charge is 2.40. The summed E-state index contributed by atoms with van der Waals surface area (Å²) in [6.45, 7) is 3.52. The normalized spacial score (nSPS) is 19.3. The lowest BCUT2D eigenvalue weighted by molar-refractivity contribution is -0.169. The third kappa shape index (κ3) is 3.68. The molecule has 0 atom stereocenters. The van der Waals surface area contributed by atoms with Crippen LogP contribution in [0.2, 0.25) is 5.02 Å². The van der Waals surface area contributed by atoms with Gasteiger partial charge in [0.25, 0.3) is 0 Å². The lowest BCUT2D eigenvalue weighted by Gasteiger charge is -2.37. The largest absolute Gasteiger partial charge is 0.364 e. The van der Waals surface area contributed by atoms with Gasteiger partial charge in [-0.05, 0) is 11.6 Å². The summed E-state index contributed by atoms with van der Waals surface area (Å²) in [7, 11) is 0. The maximum atomic E-state index is 6.18. The Morgan fingerprint density at radius 2 is 1.92 bits per heavy atom. The Morgan fingerprint density at radius 1 is 1.16 bits per heavy atom. The maximum Gasteiger partial charge on any atom is 0.247 e. The first kappa shape index (κ1) is 16.5. The molecule has 25 heavy (non-hydrogen) atoms. The molecule has 0 saturated carbocycles. The van der Waals surface area contributed by atoms with Crippen LogP contribution >= 0.6 is 11.6 Å². The number of ether oxygens (including phenoxy) is 2. The number of halogens is 1. The Hall–Kier alpha value is -1.96. The number of rotatable bonds is 4. The minimum Gasteiger partial charge on any atom is -0.364 e. The first-order valence-corrected chi connectivity index (χ1v) is 8.82. The molecule has 2 fully saturated rings. The maximum absolute atomic E-state index is 6.18. The molecule has 0 unspecified atom stereocenters. The standard InChI is InChI=1S/C17H20ClN5O2/c18-14-4-2-1-3-13(14)11-19-15-12-20-22-16(21-15)23-7-5-17(6-8-23)24-9-10-25-17/h1-4,12H,5-11H2,(H,19,21,22). The zero-order chi connectivity index (χ0) is 17.1. The molecule has 2 aromatic rings. The second kappa shape index (κ2) is 7.11. The van der Waals surface area contributed by atoms with Gasteiger partial charge < -0.3 is 19.7 Å². The van der Waals surface area contributed by atoms with Gasteiger partial charge in [-0.1, -0.05) is 29.8 Å². The van der Waals surface area contributed by atoms with Crippen molar-refractivity contribution in [3.63, 3.8) is 0 Å². The highest BCUT2D eigenvalue weighted by Crippen LogP contribution is 2.32. The van der Waals surface area contributed by atoms with Crippen molar-refractivity contribution in [2.75, 3.05) is 36.5 Å². The SMILES string of the molecule is Clc1ccccc1CNc1cnnc(N2CCC3(CC2)OCCO3)n1. The van der Waals surface area contributed by atoms with E-state index >= 15 is 0 Å². The number of piperidine rings is 1. The lowest BCUT2D eigenvalue weighted by atomic mass is 10.0. The fourth-order valence-corrected chi connectivity index (χ4v) is 3.38. The number of hydrogen-bond acceptors (Lipinski definition) is 7. The number of nitrogens with one attached hydrogen (secondary N) is 1. The van der Waals surface area contributed by atoms with Gasteiger partial charge in [-0.3, -0.25) is 0 Å². The molecule has 132 valence electrons. The number of anilines is 2. The van der Waals surface area contributed by atoms with Crippen LogP contribution in [0.15, 0.2) is 30.5 Å². The van der Waals surface area contributed by atoms with E-state index in [0.29, 0.717) is 31.5 Å². The van der Waals surface area contributed by atoms with Crippen molar-refractivity contribution in [2.45, 2.75) is 25.2 Å². The third-order valence-electron chi connectivity index (χ3n) is 4.59. The second-order valence-electron chi connectivity index (χ2n) is 6.18. The van der Waals surface area contributed by atoms with E-state index in [9.17, 15) is 0 Å². The summed E-state index contributed by atoms with van der Waals surface area (Å²) in [5.74, 6) is 0.903. The van der Waals surface area contributed by atoms with Crippen molar-refractivity contribution >= 4 is 23.4 Å². The smallest absolute Gasteiger partial charge is 0.247 e. The molecule has 2 aliphatic heterocycles. The first-order valence-electron chi connectivity index (χ1n) is 8.44. The van der Waals surface area contributed by atoms with E-state index in [2.05, 4.69) is 25.4 Å². The summed E-state index contributed by atoms with van der Waals surface area (Å²) in [6, 6.07) is 7.73. The summed E-state index contributed by atoms with van der Waals surface area (Å²) in [4.78, 5) is 6.69. The Labute approximate surface area is 151 Å². The second-order valence-corrected chi connectivity index (χ2v) is 6.59. The number of hydrogen-bond donors (Lipinski definition) is 1. The summed E-state index contributed by atoms with van der Waals surface area (Å²) in [5, 5.41) is 12.2. The van der Waals surface area contributed by atoms with E-state index in [-0.39, 0.29) is 0 Å². The predicted molar refractivity (Wildman–Crippen MR) is 94.7 cm³/mol. The van der Waals surface area contributed by atoms with Crippen LogP contribution in [0.5, 0.6) is 0 Å². The minimum atomic E-state index is -0.399. The summed E-state index contributed by atoms with van der Waals surface area (Å²) >= 11 is 6.18. The van der Waals surface area contributed by atoms with Gasteiger partial charge in [-0.25, -0.2) is 0 Å². The van der Waals surface area contributed by atoms with Gasteiger partial charge in [-0.15, -0.1) is 5.10 Å². The molecule has 0 radical (unpaired) electrons. The number of nitrogens with zero attached hydrogens (tertiary/aromatic N) is 4. The van der Waals surface area contributed by atoms with E-state index in [4.69, 9.17) is 21.1 Å². The molecule has 1 N–H and O–H groups in total. The molecular formula is C17H20ClN5O2. The molecule has 0 bridgehead atoms. The van der Waals surface area contributed by atoms with Crippen molar-refractivity contribution in [3.8, 4) is 0 Å². The molecule has 1 spiro atoms. The Morgan fingerprint density at radius 3 is 2.68 bits per heavy atom. The van der Waals surface area contributed by atoms with Crippen LogP contribution < -0.4 is 10.2 Å². The summed E-state index contributed by atoms with van der Waals surface area (Å²) < 4.78 is 11.5. The van der Waals surface area contributed by atoms with Crippen LogP contribution in [-0.2, 0) is 16.0 Å². The predicted octanol–water partition coefficient (Wildman–Crippen LogP) is 2.48. The van der Waals surface area contributed by atoms with Gasteiger partial charge in [0.05, 0.1) is 19.4 Å². The van der Waals surface area contributed by atoms with E-state index < -0.39 is 5.79 Å². The van der Waals surface area contributed by atoms with Crippen LogP contribution in [0.4, 0.5) is 11.8 Å². The van der Waals surface area contributed by atoms with Crippen LogP contribution in [0.1, 0.15) is 18.4 Å². The lowest BCUT2D eigenvalue weighted by Crippen LogP contribution is -2.45. The van der Waals surface area contributed by atoms with Gasteiger partial charge in [-0.2, -0.15) is 10.1 Å². The van der Waals surface area contributed by atoms with E-state index in [1.54, 1.807) is 6.20 Å². The minimum absolute atomic E-state index is 0.399. The molecule has 7 nitrogen and oxygen atoms in total. The van der Waals surface area contributed by atoms with Gasteiger partial charge in [0.2, 0.25) is 5.95 Å². The average Bonchev–Trinajstić information content (AvgIpc) is 3.10. The monoisotopic (exact) mass is 361 g/mol. The molecule has 2 saturated heterocycles. The van der Waals surface area contributed by atoms with Crippen molar-refractivity contribution < 1.29 is 9.47 Å². The number of benzene rings is 1. The van der Waals surface area contributed by atoms with E-state index in [1.807, 2.05) is 24.3 Å². The first-order chi connectivity index (χ1) is 12.2.